The quantitative estimate of drug-likeness (QED) is 0.535. The van der Waals surface area contributed by atoms with Crippen LogP contribution in [0.2, 0.25) is 0 Å². The van der Waals surface area contributed by atoms with E-state index in [2.05, 4.69) is 5.10 Å². The monoisotopic (exact) mass is 194 g/mol. The van der Waals surface area contributed by atoms with E-state index in [1.165, 1.54) is 6.20 Å². The largest absolute Gasteiger partial charge is 0.299 e. The minimum absolute atomic E-state index is 0.0288. The standard InChI is InChI=1S/C10H14N2O2/c1-4-9(13)7(2)10(14)8-5-11-12(3)6-8/h5-7H,4H2,1-3H3/t7-/m1/s1. The molecule has 1 atom stereocenters. The van der Waals surface area contributed by atoms with Gasteiger partial charge in [0.05, 0.1) is 17.7 Å². The number of ketones is 2. The summed E-state index contributed by atoms with van der Waals surface area (Å²) < 4.78 is 1.55. The van der Waals surface area contributed by atoms with Crippen molar-refractivity contribution in [3.05, 3.63) is 18.0 Å². The number of rotatable bonds is 4. The van der Waals surface area contributed by atoms with Crippen LogP contribution in [0.25, 0.3) is 0 Å². The molecule has 0 aliphatic heterocycles. The van der Waals surface area contributed by atoms with Crippen LogP contribution in [0.5, 0.6) is 0 Å². The van der Waals surface area contributed by atoms with Gasteiger partial charge in [-0.2, -0.15) is 5.10 Å². The highest BCUT2D eigenvalue weighted by atomic mass is 16.1. The van der Waals surface area contributed by atoms with Crippen molar-refractivity contribution in [1.29, 1.82) is 0 Å². The Morgan fingerprint density at radius 3 is 2.64 bits per heavy atom. The van der Waals surface area contributed by atoms with Gasteiger partial charge in [-0.25, -0.2) is 0 Å². The summed E-state index contributed by atoms with van der Waals surface area (Å²) in [4.78, 5) is 23.0. The van der Waals surface area contributed by atoms with E-state index in [0.717, 1.165) is 0 Å². The number of carbonyl (C=O) groups excluding carboxylic acids is 2. The maximum absolute atomic E-state index is 11.7. The van der Waals surface area contributed by atoms with Crippen LogP contribution >= 0.6 is 0 Å². The first-order valence-electron chi connectivity index (χ1n) is 4.61. The molecule has 0 fully saturated rings. The van der Waals surface area contributed by atoms with Crippen molar-refractivity contribution in [2.45, 2.75) is 20.3 Å². The highest BCUT2D eigenvalue weighted by Gasteiger charge is 2.21. The fraction of sp³-hybridized carbons (Fsp3) is 0.500. The van der Waals surface area contributed by atoms with E-state index in [4.69, 9.17) is 0 Å². The SMILES string of the molecule is CCC(=O)[C@@H](C)C(=O)c1cnn(C)c1. The molecule has 1 aromatic heterocycles. The fourth-order valence-electron chi connectivity index (χ4n) is 1.25. The molecule has 1 aromatic rings. The highest BCUT2D eigenvalue weighted by Crippen LogP contribution is 2.10. The first kappa shape index (κ1) is 10.6. The van der Waals surface area contributed by atoms with Gasteiger partial charge in [-0.1, -0.05) is 6.92 Å². The predicted molar refractivity (Wildman–Crippen MR) is 52.0 cm³/mol. The number of Topliss-reactive ketones (excluding diaryl/α,β-unsaturated/α-hetero) is 2. The van der Waals surface area contributed by atoms with E-state index >= 15 is 0 Å². The fourth-order valence-corrected chi connectivity index (χ4v) is 1.25. The van der Waals surface area contributed by atoms with Crippen LogP contribution in [0.15, 0.2) is 12.4 Å². The second-order valence-electron chi connectivity index (χ2n) is 3.31. The molecule has 0 bridgehead atoms. The lowest BCUT2D eigenvalue weighted by Crippen LogP contribution is -2.20. The second kappa shape index (κ2) is 4.17. The van der Waals surface area contributed by atoms with Crippen molar-refractivity contribution in [2.24, 2.45) is 13.0 Å². The maximum Gasteiger partial charge on any atom is 0.176 e. The molecular formula is C10H14N2O2. The molecule has 0 radical (unpaired) electrons. The normalized spacial score (nSPS) is 12.5. The van der Waals surface area contributed by atoms with Gasteiger partial charge in [0.25, 0.3) is 0 Å². The second-order valence-corrected chi connectivity index (χ2v) is 3.31. The van der Waals surface area contributed by atoms with Gasteiger partial charge in [-0.05, 0) is 6.92 Å². The number of hydrogen-bond acceptors (Lipinski definition) is 3. The van der Waals surface area contributed by atoms with Gasteiger partial charge >= 0.3 is 0 Å². The lowest BCUT2D eigenvalue weighted by atomic mass is 9.96. The number of carbonyl (C=O) groups is 2. The molecule has 0 unspecified atom stereocenters. The van der Waals surface area contributed by atoms with Crippen molar-refractivity contribution in [2.75, 3.05) is 0 Å². The Labute approximate surface area is 82.9 Å². The third-order valence-electron chi connectivity index (χ3n) is 2.21. The van der Waals surface area contributed by atoms with Gasteiger partial charge in [0.15, 0.2) is 5.78 Å². The Bertz CT molecular complexity index is 355. The van der Waals surface area contributed by atoms with Crippen LogP contribution < -0.4 is 0 Å². The van der Waals surface area contributed by atoms with Crippen LogP contribution in [0, 0.1) is 5.92 Å². The third kappa shape index (κ3) is 2.07. The van der Waals surface area contributed by atoms with E-state index in [-0.39, 0.29) is 11.6 Å². The number of hydrogen-bond donors (Lipinski definition) is 0. The summed E-state index contributed by atoms with van der Waals surface area (Å²) in [6.07, 6.45) is 3.51. The van der Waals surface area contributed by atoms with Crippen LogP contribution in [-0.2, 0) is 11.8 Å². The molecule has 4 heteroatoms. The molecule has 0 aromatic carbocycles. The van der Waals surface area contributed by atoms with E-state index in [9.17, 15) is 9.59 Å². The van der Waals surface area contributed by atoms with Crippen molar-refractivity contribution >= 4 is 11.6 Å². The molecule has 14 heavy (non-hydrogen) atoms. The van der Waals surface area contributed by atoms with E-state index in [0.29, 0.717) is 12.0 Å². The molecule has 4 nitrogen and oxygen atoms in total. The van der Waals surface area contributed by atoms with Crippen LogP contribution in [-0.4, -0.2) is 21.3 Å². The van der Waals surface area contributed by atoms with Gasteiger partial charge in [-0.15, -0.1) is 0 Å². The number of aryl methyl sites for hydroxylation is 1. The summed E-state index contributed by atoms with van der Waals surface area (Å²) in [5.74, 6) is -0.729. The van der Waals surface area contributed by atoms with Crippen molar-refractivity contribution < 1.29 is 9.59 Å². The van der Waals surface area contributed by atoms with Gasteiger partial charge in [-0.3, -0.25) is 14.3 Å². The van der Waals surface area contributed by atoms with Gasteiger partial charge < -0.3 is 0 Å². The minimum Gasteiger partial charge on any atom is -0.299 e. The number of nitrogens with zero attached hydrogens (tertiary/aromatic N) is 2. The summed E-state index contributed by atoms with van der Waals surface area (Å²) >= 11 is 0. The smallest absolute Gasteiger partial charge is 0.176 e. The van der Waals surface area contributed by atoms with Crippen molar-refractivity contribution in [3.8, 4) is 0 Å². The average molecular weight is 194 g/mol. The predicted octanol–water partition coefficient (Wildman–Crippen LogP) is 1.22. The minimum atomic E-state index is -0.552. The molecular weight excluding hydrogens is 180 g/mol. The molecule has 0 aliphatic rings. The zero-order chi connectivity index (χ0) is 10.7. The number of aromatic nitrogens is 2. The lowest BCUT2D eigenvalue weighted by Gasteiger charge is -2.05. The van der Waals surface area contributed by atoms with Gasteiger partial charge in [0.1, 0.15) is 5.78 Å². The summed E-state index contributed by atoms with van der Waals surface area (Å²) in [7, 11) is 1.74. The van der Waals surface area contributed by atoms with Crippen LogP contribution in [0.3, 0.4) is 0 Å². The van der Waals surface area contributed by atoms with E-state index in [1.54, 1.807) is 31.8 Å². The highest BCUT2D eigenvalue weighted by molar-refractivity contribution is 6.10. The molecule has 0 spiro atoms. The Morgan fingerprint density at radius 1 is 1.57 bits per heavy atom. The molecule has 76 valence electrons. The summed E-state index contributed by atoms with van der Waals surface area (Å²) in [5.41, 5.74) is 0.502. The summed E-state index contributed by atoms with van der Waals surface area (Å²) in [6, 6.07) is 0. The zero-order valence-electron chi connectivity index (χ0n) is 8.65. The average Bonchev–Trinajstić information content (AvgIpc) is 2.61. The van der Waals surface area contributed by atoms with Crippen molar-refractivity contribution in [1.82, 2.24) is 9.78 Å². The molecule has 1 rings (SSSR count). The van der Waals surface area contributed by atoms with E-state index in [1.807, 2.05) is 0 Å². The molecule has 0 amide bonds. The van der Waals surface area contributed by atoms with Gasteiger partial charge in [0.2, 0.25) is 0 Å². The van der Waals surface area contributed by atoms with E-state index < -0.39 is 5.92 Å². The first-order chi connectivity index (χ1) is 6.56. The Kier molecular flexibility index (Phi) is 3.17. The molecule has 0 N–H and O–H groups in total. The van der Waals surface area contributed by atoms with Crippen LogP contribution in [0.4, 0.5) is 0 Å². The zero-order valence-corrected chi connectivity index (χ0v) is 8.65. The van der Waals surface area contributed by atoms with Crippen molar-refractivity contribution in [3.63, 3.8) is 0 Å². The van der Waals surface area contributed by atoms with Gasteiger partial charge in [0, 0.05) is 19.7 Å². The topological polar surface area (TPSA) is 52.0 Å². The van der Waals surface area contributed by atoms with Crippen LogP contribution in [0.1, 0.15) is 30.6 Å². The molecule has 1 heterocycles. The Balaban J connectivity index is 2.80. The Morgan fingerprint density at radius 2 is 2.21 bits per heavy atom. The Hall–Kier alpha value is -1.45. The first-order valence-corrected chi connectivity index (χ1v) is 4.61. The maximum atomic E-state index is 11.7. The summed E-state index contributed by atoms with van der Waals surface area (Å²) in [6.45, 7) is 3.40. The molecule has 0 saturated carbocycles. The third-order valence-corrected chi connectivity index (χ3v) is 2.21. The molecule has 0 saturated heterocycles. The summed E-state index contributed by atoms with van der Waals surface area (Å²) in [5, 5.41) is 3.89. The molecule has 0 aliphatic carbocycles. The lowest BCUT2D eigenvalue weighted by molar-refractivity contribution is -0.120.